The minimum atomic E-state index is 0.0923. The molecule has 5 nitrogen and oxygen atoms in total. The summed E-state index contributed by atoms with van der Waals surface area (Å²) in [5.41, 5.74) is 2.67. The van der Waals surface area contributed by atoms with E-state index in [0.29, 0.717) is 5.02 Å². The molecule has 0 atom stereocenters. The van der Waals surface area contributed by atoms with Gasteiger partial charge in [-0.2, -0.15) is 0 Å². The topological polar surface area (TPSA) is 45.7 Å². The Morgan fingerprint density at radius 1 is 1.14 bits per heavy atom. The first-order valence-electron chi connectivity index (χ1n) is 9.31. The molecule has 146 valence electrons. The second kappa shape index (κ2) is 8.57. The molecule has 0 unspecified atom stereocenters. The van der Waals surface area contributed by atoms with Crippen LogP contribution in [0.3, 0.4) is 0 Å². The third kappa shape index (κ3) is 4.20. The number of piperazine rings is 1. The fourth-order valence-electron chi connectivity index (χ4n) is 3.35. The predicted octanol–water partition coefficient (Wildman–Crippen LogP) is 4.02. The summed E-state index contributed by atoms with van der Waals surface area (Å²) in [4.78, 5) is 21.9. The van der Waals surface area contributed by atoms with Crippen LogP contribution >= 0.6 is 22.9 Å². The Kier molecular flexibility index (Phi) is 5.92. The van der Waals surface area contributed by atoms with Crippen molar-refractivity contribution in [2.45, 2.75) is 0 Å². The minimum Gasteiger partial charge on any atom is -0.383 e. The van der Waals surface area contributed by atoms with Gasteiger partial charge in [-0.3, -0.25) is 9.69 Å². The number of aromatic nitrogens is 1. The van der Waals surface area contributed by atoms with Crippen LogP contribution in [0.4, 0.5) is 0 Å². The van der Waals surface area contributed by atoms with E-state index in [-0.39, 0.29) is 5.91 Å². The lowest BCUT2D eigenvalue weighted by molar-refractivity contribution is 0.0594. The highest BCUT2D eigenvalue weighted by Crippen LogP contribution is 2.31. The number of fused-ring (bicyclic) bond motifs is 1. The number of thiazole rings is 1. The number of ether oxygens (including phenoxy) is 1. The standard InChI is InChI=1S/C21H22ClN3O2S/c1-27-13-12-24-8-10-25(11-9-24)21(26)16-4-7-18-19(14-16)28-20(23-18)15-2-5-17(22)6-3-15/h2-7,14H,8-13H2,1H3. The summed E-state index contributed by atoms with van der Waals surface area (Å²) >= 11 is 7.57. The molecular weight excluding hydrogens is 394 g/mol. The molecule has 2 aromatic carbocycles. The van der Waals surface area contributed by atoms with Gasteiger partial charge in [0.25, 0.3) is 5.91 Å². The largest absolute Gasteiger partial charge is 0.383 e. The summed E-state index contributed by atoms with van der Waals surface area (Å²) in [5, 5.41) is 1.64. The summed E-state index contributed by atoms with van der Waals surface area (Å²) in [5.74, 6) is 0.0923. The molecule has 1 saturated heterocycles. The molecule has 1 fully saturated rings. The highest BCUT2D eigenvalue weighted by molar-refractivity contribution is 7.21. The molecule has 0 aliphatic carbocycles. The molecule has 1 aliphatic rings. The van der Waals surface area contributed by atoms with E-state index in [9.17, 15) is 4.79 Å². The van der Waals surface area contributed by atoms with Crippen molar-refractivity contribution in [1.82, 2.24) is 14.8 Å². The van der Waals surface area contributed by atoms with Crippen molar-refractivity contribution in [3.63, 3.8) is 0 Å². The van der Waals surface area contributed by atoms with Gasteiger partial charge in [0.2, 0.25) is 0 Å². The molecule has 1 aromatic heterocycles. The van der Waals surface area contributed by atoms with Crippen LogP contribution in [0.25, 0.3) is 20.8 Å². The molecule has 3 aromatic rings. The minimum absolute atomic E-state index is 0.0923. The Balaban J connectivity index is 1.48. The zero-order chi connectivity index (χ0) is 19.5. The van der Waals surface area contributed by atoms with Crippen LogP contribution in [0.2, 0.25) is 5.02 Å². The number of halogens is 1. The average molecular weight is 416 g/mol. The third-order valence-electron chi connectivity index (χ3n) is 5.00. The monoisotopic (exact) mass is 415 g/mol. The Hall–Kier alpha value is -1.99. The van der Waals surface area contributed by atoms with Crippen LogP contribution in [0.15, 0.2) is 42.5 Å². The Bertz CT molecular complexity index is 965. The molecule has 1 aliphatic heterocycles. The number of rotatable bonds is 5. The molecule has 4 rings (SSSR count). The number of carbonyl (C=O) groups is 1. The van der Waals surface area contributed by atoms with Crippen molar-refractivity contribution >= 4 is 39.1 Å². The summed E-state index contributed by atoms with van der Waals surface area (Å²) in [6, 6.07) is 13.4. The van der Waals surface area contributed by atoms with E-state index in [0.717, 1.165) is 65.7 Å². The van der Waals surface area contributed by atoms with Gasteiger partial charge >= 0.3 is 0 Å². The Labute approximate surface area is 173 Å². The van der Waals surface area contributed by atoms with E-state index < -0.39 is 0 Å². The highest BCUT2D eigenvalue weighted by atomic mass is 35.5. The number of hydrogen-bond acceptors (Lipinski definition) is 5. The molecule has 28 heavy (non-hydrogen) atoms. The van der Waals surface area contributed by atoms with Crippen LogP contribution in [0.1, 0.15) is 10.4 Å². The lowest BCUT2D eigenvalue weighted by Gasteiger charge is -2.34. The summed E-state index contributed by atoms with van der Waals surface area (Å²) in [7, 11) is 1.72. The average Bonchev–Trinajstić information content (AvgIpc) is 3.16. The molecule has 0 N–H and O–H groups in total. The second-order valence-corrected chi connectivity index (χ2v) is 8.30. The number of benzene rings is 2. The normalized spacial score (nSPS) is 15.3. The smallest absolute Gasteiger partial charge is 0.253 e. The number of methoxy groups -OCH3 is 1. The first-order valence-corrected chi connectivity index (χ1v) is 10.5. The van der Waals surface area contributed by atoms with E-state index in [1.807, 2.05) is 47.4 Å². The van der Waals surface area contributed by atoms with Crippen molar-refractivity contribution < 1.29 is 9.53 Å². The number of hydrogen-bond donors (Lipinski definition) is 0. The van der Waals surface area contributed by atoms with Crippen LogP contribution in [0, 0.1) is 0 Å². The van der Waals surface area contributed by atoms with Crippen molar-refractivity contribution in [3.8, 4) is 10.6 Å². The van der Waals surface area contributed by atoms with Gasteiger partial charge in [-0.05, 0) is 30.3 Å². The van der Waals surface area contributed by atoms with Gasteiger partial charge in [-0.1, -0.05) is 23.7 Å². The molecule has 0 spiro atoms. The van der Waals surface area contributed by atoms with E-state index in [1.54, 1.807) is 18.4 Å². The molecule has 1 amide bonds. The van der Waals surface area contributed by atoms with Crippen molar-refractivity contribution in [2.24, 2.45) is 0 Å². The maximum Gasteiger partial charge on any atom is 0.253 e. The van der Waals surface area contributed by atoms with E-state index in [1.165, 1.54) is 0 Å². The molecule has 0 saturated carbocycles. The second-order valence-electron chi connectivity index (χ2n) is 6.84. The van der Waals surface area contributed by atoms with Gasteiger partial charge < -0.3 is 9.64 Å². The lowest BCUT2D eigenvalue weighted by atomic mass is 10.1. The SMILES string of the molecule is COCCN1CCN(C(=O)c2ccc3nc(-c4ccc(Cl)cc4)sc3c2)CC1. The first-order chi connectivity index (χ1) is 13.6. The molecule has 7 heteroatoms. The number of carbonyl (C=O) groups excluding carboxylic acids is 1. The van der Waals surface area contributed by atoms with Crippen LogP contribution in [-0.2, 0) is 4.74 Å². The molecule has 2 heterocycles. The van der Waals surface area contributed by atoms with E-state index in [4.69, 9.17) is 21.3 Å². The zero-order valence-electron chi connectivity index (χ0n) is 15.7. The van der Waals surface area contributed by atoms with Gasteiger partial charge in [0.15, 0.2) is 0 Å². The van der Waals surface area contributed by atoms with Gasteiger partial charge in [0.1, 0.15) is 5.01 Å². The maximum atomic E-state index is 12.9. The summed E-state index contributed by atoms with van der Waals surface area (Å²) < 4.78 is 6.16. The Morgan fingerprint density at radius 3 is 2.61 bits per heavy atom. The van der Waals surface area contributed by atoms with Gasteiger partial charge in [0, 0.05) is 56.0 Å². The van der Waals surface area contributed by atoms with Gasteiger partial charge in [-0.25, -0.2) is 4.98 Å². The van der Waals surface area contributed by atoms with Gasteiger partial charge in [0.05, 0.1) is 16.8 Å². The van der Waals surface area contributed by atoms with Crippen molar-refractivity contribution in [3.05, 3.63) is 53.1 Å². The van der Waals surface area contributed by atoms with Gasteiger partial charge in [-0.15, -0.1) is 11.3 Å². The molecular formula is C21H22ClN3O2S. The fourth-order valence-corrected chi connectivity index (χ4v) is 4.49. The fraction of sp³-hybridized carbons (Fsp3) is 0.333. The highest BCUT2D eigenvalue weighted by Gasteiger charge is 2.22. The van der Waals surface area contributed by atoms with E-state index in [2.05, 4.69) is 4.90 Å². The summed E-state index contributed by atoms with van der Waals surface area (Å²) in [6.07, 6.45) is 0. The molecule has 0 bridgehead atoms. The quantitative estimate of drug-likeness (QED) is 0.631. The lowest BCUT2D eigenvalue weighted by Crippen LogP contribution is -2.49. The van der Waals surface area contributed by atoms with E-state index >= 15 is 0 Å². The predicted molar refractivity (Wildman–Crippen MR) is 114 cm³/mol. The zero-order valence-corrected chi connectivity index (χ0v) is 17.3. The number of amides is 1. The number of nitrogens with zero attached hydrogens (tertiary/aromatic N) is 3. The summed E-state index contributed by atoms with van der Waals surface area (Å²) in [6.45, 7) is 4.92. The first kappa shape index (κ1) is 19.3. The van der Waals surface area contributed by atoms with Crippen LogP contribution in [0.5, 0.6) is 0 Å². The van der Waals surface area contributed by atoms with Crippen LogP contribution < -0.4 is 0 Å². The Morgan fingerprint density at radius 2 is 1.89 bits per heavy atom. The van der Waals surface area contributed by atoms with Crippen molar-refractivity contribution in [1.29, 1.82) is 0 Å². The van der Waals surface area contributed by atoms with Crippen LogP contribution in [-0.4, -0.2) is 67.1 Å². The van der Waals surface area contributed by atoms with Crippen molar-refractivity contribution in [2.75, 3.05) is 46.4 Å². The maximum absolute atomic E-state index is 12.9. The molecule has 0 radical (unpaired) electrons. The third-order valence-corrected chi connectivity index (χ3v) is 6.32.